The minimum atomic E-state index is -0.928. The molecule has 0 aromatic heterocycles. The normalized spacial score (nSPS) is 10.6. The average Bonchev–Trinajstić information content (AvgIpc) is 3.11. The first-order valence-corrected chi connectivity index (χ1v) is 14.8. The summed E-state index contributed by atoms with van der Waals surface area (Å²) in [6, 6.07) is 40.4. The highest BCUT2D eigenvalue weighted by molar-refractivity contribution is 5.89. The number of carboxylic acids is 1. The summed E-state index contributed by atoms with van der Waals surface area (Å²) >= 11 is 0. The summed E-state index contributed by atoms with van der Waals surface area (Å²) in [4.78, 5) is 43.8. The predicted molar refractivity (Wildman–Crippen MR) is 190 cm³/mol. The van der Waals surface area contributed by atoms with Crippen LogP contribution in [0.3, 0.4) is 0 Å². The van der Waals surface area contributed by atoms with E-state index in [1.54, 1.807) is 12.1 Å². The maximum Gasteiger partial charge on any atom is 0.373 e. The molecule has 1 N–H and O–H groups in total. The van der Waals surface area contributed by atoms with Crippen molar-refractivity contribution in [2.75, 3.05) is 0 Å². The van der Waals surface area contributed by atoms with E-state index in [1.807, 2.05) is 54.6 Å². The van der Waals surface area contributed by atoms with Gasteiger partial charge in [-0.25, -0.2) is 4.79 Å². The predicted octanol–water partition coefficient (Wildman–Crippen LogP) is 9.21. The van der Waals surface area contributed by atoms with Crippen molar-refractivity contribution >= 4 is 66.9 Å². The zero-order valence-corrected chi connectivity index (χ0v) is 26.2. The van der Waals surface area contributed by atoms with Crippen molar-refractivity contribution in [1.82, 2.24) is 0 Å². The van der Waals surface area contributed by atoms with Gasteiger partial charge in [-0.2, -0.15) is 19.2 Å². The summed E-state index contributed by atoms with van der Waals surface area (Å²) in [5.74, 6) is -0.928. The van der Waals surface area contributed by atoms with Crippen LogP contribution in [-0.4, -0.2) is 23.4 Å². The van der Waals surface area contributed by atoms with Crippen LogP contribution in [0, 0.1) is 6.92 Å². The van der Waals surface area contributed by atoms with Gasteiger partial charge in [-0.1, -0.05) is 151 Å². The van der Waals surface area contributed by atoms with Crippen molar-refractivity contribution in [1.29, 1.82) is 0 Å². The summed E-state index contributed by atoms with van der Waals surface area (Å²) in [6.07, 6.45) is 17.5. The first-order valence-electron chi connectivity index (χ1n) is 14.8. The molecule has 236 valence electrons. The molecule has 0 saturated heterocycles. The number of hydrogen-bond donors (Lipinski definition) is 1. The lowest BCUT2D eigenvalue weighted by atomic mass is 9.95. The minimum Gasteiger partial charge on any atom is -0.478 e. The Morgan fingerprint density at radius 2 is 0.750 bits per heavy atom. The van der Waals surface area contributed by atoms with Crippen molar-refractivity contribution in [3.05, 3.63) is 177 Å². The second-order valence-electron chi connectivity index (χ2n) is 10.3. The largest absolute Gasteiger partial charge is 0.478 e. The Hall–Kier alpha value is -6.71. The highest BCUT2D eigenvalue weighted by atomic mass is 16.4. The number of aryl methyl sites for hydroxylation is 1. The number of rotatable bonds is 9. The standard InChI is InChI=1S/C40H32O2.2CO2/c1-30-12-14-33(15-13-30)20-26-38-28-36(24-18-31-8-4-2-5-9-31)37(25-19-32-10-6-3-7-11-32)29-39(38)27-21-34-16-22-35(23-17-34)40(41)42;2*2-1-3/h2-29H,1H3,(H,41,42);;/b24-18+,25-19+,26-20+,27-21+;;. The molecule has 0 aliphatic carbocycles. The van der Waals surface area contributed by atoms with E-state index in [1.165, 1.54) is 5.56 Å². The van der Waals surface area contributed by atoms with E-state index in [0.717, 1.165) is 44.5 Å². The Labute approximate surface area is 279 Å². The van der Waals surface area contributed by atoms with Gasteiger partial charge in [-0.05, 0) is 75.7 Å². The number of benzene rings is 5. The summed E-state index contributed by atoms with van der Waals surface area (Å²) in [5, 5.41) is 9.26. The van der Waals surface area contributed by atoms with Gasteiger partial charge in [-0.3, -0.25) is 0 Å². The number of carboxylic acid groups (broad SMARTS) is 1. The van der Waals surface area contributed by atoms with Gasteiger partial charge < -0.3 is 5.11 Å². The number of carbonyl (C=O) groups is 1. The molecule has 6 nitrogen and oxygen atoms in total. The van der Waals surface area contributed by atoms with Crippen molar-refractivity contribution in [3.8, 4) is 0 Å². The first-order chi connectivity index (χ1) is 23.4. The zero-order valence-electron chi connectivity index (χ0n) is 26.2. The van der Waals surface area contributed by atoms with Crippen LogP contribution in [0.2, 0.25) is 0 Å². The Kier molecular flexibility index (Phi) is 14.6. The van der Waals surface area contributed by atoms with Gasteiger partial charge in [-0.15, -0.1) is 0 Å². The minimum absolute atomic E-state index is 0.250. The van der Waals surface area contributed by atoms with Gasteiger partial charge in [0.1, 0.15) is 0 Å². The van der Waals surface area contributed by atoms with Gasteiger partial charge in [0.2, 0.25) is 0 Å². The summed E-state index contributed by atoms with van der Waals surface area (Å²) in [6.45, 7) is 2.09. The highest BCUT2D eigenvalue weighted by Gasteiger charge is 2.06. The lowest BCUT2D eigenvalue weighted by Gasteiger charge is -2.10. The number of carbonyl (C=O) groups excluding carboxylic acids is 4. The van der Waals surface area contributed by atoms with Crippen molar-refractivity contribution in [3.63, 3.8) is 0 Å². The van der Waals surface area contributed by atoms with Crippen LogP contribution in [0.15, 0.2) is 121 Å². The maximum atomic E-state index is 11.3. The molecule has 0 fully saturated rings. The third kappa shape index (κ3) is 12.0. The van der Waals surface area contributed by atoms with Crippen molar-refractivity contribution < 1.29 is 29.1 Å². The molecule has 0 amide bonds. The van der Waals surface area contributed by atoms with E-state index in [9.17, 15) is 9.90 Å². The Morgan fingerprint density at radius 3 is 1.06 bits per heavy atom. The highest BCUT2D eigenvalue weighted by Crippen LogP contribution is 2.26. The molecule has 5 aromatic rings. The first kappa shape index (κ1) is 35.8. The van der Waals surface area contributed by atoms with E-state index < -0.39 is 5.97 Å². The fraction of sp³-hybridized carbons (Fsp3) is 0.0238. The summed E-state index contributed by atoms with van der Waals surface area (Å²) < 4.78 is 0. The maximum absolute atomic E-state index is 11.3. The van der Waals surface area contributed by atoms with Gasteiger partial charge in [0.25, 0.3) is 0 Å². The molecule has 0 heterocycles. The molecule has 6 heteroatoms. The molecule has 5 rings (SSSR count). The third-order valence-corrected chi connectivity index (χ3v) is 6.94. The molecule has 0 bridgehead atoms. The molecule has 0 spiro atoms. The SMILES string of the molecule is Cc1ccc(/C=C/c2cc(/C=C/c3ccccc3)c(/C=C/c3ccccc3)cc2/C=C/c2ccc(C(=O)O)cc2)cc1.O=C=O.O=C=O. The summed E-state index contributed by atoms with van der Waals surface area (Å²) in [7, 11) is 0. The van der Waals surface area contributed by atoms with Gasteiger partial charge in [0.15, 0.2) is 0 Å². The molecule has 0 aliphatic rings. The molecule has 0 unspecified atom stereocenters. The second kappa shape index (κ2) is 19.6. The van der Waals surface area contributed by atoms with Crippen molar-refractivity contribution in [2.45, 2.75) is 6.92 Å². The third-order valence-electron chi connectivity index (χ3n) is 6.94. The number of hydrogen-bond acceptors (Lipinski definition) is 5. The molecule has 48 heavy (non-hydrogen) atoms. The molecular weight excluding hydrogens is 600 g/mol. The van der Waals surface area contributed by atoms with Crippen LogP contribution in [0.4, 0.5) is 0 Å². The van der Waals surface area contributed by atoms with E-state index in [-0.39, 0.29) is 17.9 Å². The molecule has 0 radical (unpaired) electrons. The summed E-state index contributed by atoms with van der Waals surface area (Å²) in [5.41, 5.74) is 10.2. The van der Waals surface area contributed by atoms with Crippen LogP contribution in [0.5, 0.6) is 0 Å². The fourth-order valence-corrected chi connectivity index (χ4v) is 4.53. The fourth-order valence-electron chi connectivity index (χ4n) is 4.53. The zero-order chi connectivity index (χ0) is 34.6. The van der Waals surface area contributed by atoms with Crippen LogP contribution < -0.4 is 0 Å². The van der Waals surface area contributed by atoms with Crippen LogP contribution in [0.25, 0.3) is 48.6 Å². The van der Waals surface area contributed by atoms with Crippen molar-refractivity contribution in [2.24, 2.45) is 0 Å². The quantitative estimate of drug-likeness (QED) is 0.162. The molecule has 5 aromatic carbocycles. The van der Waals surface area contributed by atoms with Gasteiger partial charge in [0, 0.05) is 0 Å². The lowest BCUT2D eigenvalue weighted by Crippen LogP contribution is -1.94. The van der Waals surface area contributed by atoms with E-state index in [0.29, 0.717) is 0 Å². The monoisotopic (exact) mass is 632 g/mol. The molecular formula is C42H32O6. The second-order valence-corrected chi connectivity index (χ2v) is 10.3. The topological polar surface area (TPSA) is 106 Å². The van der Waals surface area contributed by atoms with Gasteiger partial charge in [0.05, 0.1) is 5.56 Å². The number of aromatic carboxylic acids is 1. The Balaban J connectivity index is 0.000000969. The van der Waals surface area contributed by atoms with E-state index in [4.69, 9.17) is 19.2 Å². The van der Waals surface area contributed by atoms with Crippen LogP contribution >= 0.6 is 0 Å². The van der Waals surface area contributed by atoms with Crippen LogP contribution in [0.1, 0.15) is 60.4 Å². The molecule has 0 aliphatic heterocycles. The lowest BCUT2D eigenvalue weighted by molar-refractivity contribution is -0.193. The smallest absolute Gasteiger partial charge is 0.373 e. The molecule has 0 atom stereocenters. The average molecular weight is 633 g/mol. The Morgan fingerprint density at radius 1 is 0.458 bits per heavy atom. The van der Waals surface area contributed by atoms with E-state index >= 15 is 0 Å². The molecule has 0 saturated carbocycles. The Bertz CT molecular complexity index is 1940. The van der Waals surface area contributed by atoms with E-state index in [2.05, 4.69) is 110 Å². The van der Waals surface area contributed by atoms with Gasteiger partial charge >= 0.3 is 18.3 Å². The van der Waals surface area contributed by atoms with Crippen LogP contribution in [-0.2, 0) is 19.2 Å².